The summed E-state index contributed by atoms with van der Waals surface area (Å²) in [5, 5.41) is 1.61. The fourth-order valence-corrected chi connectivity index (χ4v) is 4.60. The van der Waals surface area contributed by atoms with Crippen molar-refractivity contribution in [1.82, 2.24) is 4.57 Å². The minimum atomic E-state index is -0.418. The molecule has 0 N–H and O–H groups in total. The highest BCUT2D eigenvalue weighted by atomic mass is 16.5. The fraction of sp³-hybridized carbons (Fsp3) is 0.200. The summed E-state index contributed by atoms with van der Waals surface area (Å²) in [7, 11) is 0. The van der Waals surface area contributed by atoms with Gasteiger partial charge in [-0.1, -0.05) is 42.0 Å². The number of esters is 1. The zero-order chi connectivity index (χ0) is 25.2. The third-order valence-electron chi connectivity index (χ3n) is 6.34. The van der Waals surface area contributed by atoms with Crippen LogP contribution < -0.4 is 10.4 Å². The summed E-state index contributed by atoms with van der Waals surface area (Å²) in [4.78, 5) is 25.0. The number of hydrogen-bond donors (Lipinski definition) is 0. The maximum Gasteiger partial charge on any atom is 0.340 e. The quantitative estimate of drug-likeness (QED) is 0.205. The number of ether oxygens (including phenoxy) is 2. The van der Waals surface area contributed by atoms with E-state index < -0.39 is 5.63 Å². The van der Waals surface area contributed by atoms with Crippen LogP contribution in [-0.2, 0) is 17.9 Å². The molecule has 0 saturated heterocycles. The molecule has 0 bridgehead atoms. The molecular formula is C30H27NO5. The van der Waals surface area contributed by atoms with E-state index in [1.165, 1.54) is 6.07 Å². The molecule has 0 aliphatic carbocycles. The van der Waals surface area contributed by atoms with Gasteiger partial charge in [0.1, 0.15) is 17.9 Å². The van der Waals surface area contributed by atoms with Crippen molar-refractivity contribution in [2.24, 2.45) is 0 Å². The van der Waals surface area contributed by atoms with Gasteiger partial charge in [0, 0.05) is 40.2 Å². The van der Waals surface area contributed by atoms with Gasteiger partial charge in [0.15, 0.2) is 0 Å². The number of aromatic nitrogens is 1. The highest BCUT2D eigenvalue weighted by Gasteiger charge is 2.22. The molecule has 0 amide bonds. The predicted octanol–water partition coefficient (Wildman–Crippen LogP) is 6.17. The van der Waals surface area contributed by atoms with E-state index in [0.717, 1.165) is 38.7 Å². The van der Waals surface area contributed by atoms with E-state index in [-0.39, 0.29) is 12.6 Å². The molecule has 0 unspecified atom stereocenters. The van der Waals surface area contributed by atoms with Crippen LogP contribution in [0.25, 0.3) is 21.9 Å². The Morgan fingerprint density at radius 2 is 1.75 bits per heavy atom. The lowest BCUT2D eigenvalue weighted by Gasteiger charge is -2.10. The first-order chi connectivity index (χ1) is 17.4. The van der Waals surface area contributed by atoms with Gasteiger partial charge >= 0.3 is 11.6 Å². The number of hydrogen-bond acceptors (Lipinski definition) is 5. The second-order valence-electron chi connectivity index (χ2n) is 8.81. The molecule has 3 aromatic carbocycles. The number of nitrogens with zero attached hydrogens (tertiary/aromatic N) is 1. The zero-order valence-electron chi connectivity index (χ0n) is 20.5. The number of aryl methyl sites for hydroxylation is 1. The van der Waals surface area contributed by atoms with E-state index in [0.29, 0.717) is 30.0 Å². The van der Waals surface area contributed by atoms with Gasteiger partial charge in [0.2, 0.25) is 0 Å². The van der Waals surface area contributed by atoms with Crippen molar-refractivity contribution in [1.29, 1.82) is 0 Å². The number of carbonyl (C=O) groups is 1. The third kappa shape index (κ3) is 4.50. The Balaban J connectivity index is 1.53. The van der Waals surface area contributed by atoms with Crippen molar-refractivity contribution < 1.29 is 18.7 Å². The van der Waals surface area contributed by atoms with Gasteiger partial charge < -0.3 is 18.5 Å². The van der Waals surface area contributed by atoms with Crippen LogP contribution in [0.5, 0.6) is 5.75 Å². The molecule has 0 saturated carbocycles. The largest absolute Gasteiger partial charge is 0.489 e. The summed E-state index contributed by atoms with van der Waals surface area (Å²) in [6.07, 6.45) is 0. The van der Waals surface area contributed by atoms with Crippen molar-refractivity contribution in [3.05, 3.63) is 111 Å². The third-order valence-corrected chi connectivity index (χ3v) is 6.34. The van der Waals surface area contributed by atoms with E-state index in [4.69, 9.17) is 13.9 Å². The molecule has 0 aliphatic rings. The second-order valence-corrected chi connectivity index (χ2v) is 8.81. The van der Waals surface area contributed by atoms with Crippen molar-refractivity contribution in [3.63, 3.8) is 0 Å². The minimum Gasteiger partial charge on any atom is -0.489 e. The maximum absolute atomic E-state index is 12.9. The first-order valence-corrected chi connectivity index (χ1v) is 11.9. The molecule has 0 atom stereocenters. The molecule has 6 heteroatoms. The van der Waals surface area contributed by atoms with Crippen LogP contribution in [0.4, 0.5) is 0 Å². The Labute approximate surface area is 208 Å². The molecule has 36 heavy (non-hydrogen) atoms. The van der Waals surface area contributed by atoms with E-state index in [1.807, 2.05) is 62.4 Å². The molecule has 5 aromatic rings. The molecule has 2 aromatic heterocycles. The summed E-state index contributed by atoms with van der Waals surface area (Å²) >= 11 is 0. The lowest BCUT2D eigenvalue weighted by molar-refractivity contribution is 0.0527. The Morgan fingerprint density at radius 3 is 2.53 bits per heavy atom. The lowest BCUT2D eigenvalue weighted by atomic mass is 10.1. The van der Waals surface area contributed by atoms with Crippen LogP contribution in [0, 0.1) is 13.8 Å². The van der Waals surface area contributed by atoms with Gasteiger partial charge in [-0.15, -0.1) is 0 Å². The SMILES string of the molecule is CCOC(=O)c1c(C)n(Cc2ccccc2)c2ccc(OCc3cc(=O)oc4ccc(C)cc34)cc12. The van der Waals surface area contributed by atoms with Gasteiger partial charge in [0.05, 0.1) is 12.2 Å². The lowest BCUT2D eigenvalue weighted by Crippen LogP contribution is -2.08. The average Bonchev–Trinajstić information content (AvgIpc) is 3.14. The molecule has 0 radical (unpaired) electrons. The summed E-state index contributed by atoms with van der Waals surface area (Å²) in [5.41, 5.74) is 5.36. The summed E-state index contributed by atoms with van der Waals surface area (Å²) < 4.78 is 19.0. The van der Waals surface area contributed by atoms with Crippen LogP contribution in [0.15, 0.2) is 82.0 Å². The van der Waals surface area contributed by atoms with Crippen LogP contribution >= 0.6 is 0 Å². The van der Waals surface area contributed by atoms with Crippen LogP contribution in [0.2, 0.25) is 0 Å². The van der Waals surface area contributed by atoms with Crippen molar-refractivity contribution in [2.45, 2.75) is 33.9 Å². The smallest absolute Gasteiger partial charge is 0.340 e. The van der Waals surface area contributed by atoms with Gasteiger partial charge in [-0.2, -0.15) is 0 Å². The van der Waals surface area contributed by atoms with Gasteiger partial charge in [-0.3, -0.25) is 0 Å². The molecule has 182 valence electrons. The Morgan fingerprint density at radius 1 is 0.944 bits per heavy atom. The summed E-state index contributed by atoms with van der Waals surface area (Å²) in [6.45, 7) is 6.84. The first-order valence-electron chi connectivity index (χ1n) is 11.9. The molecular weight excluding hydrogens is 454 g/mol. The van der Waals surface area contributed by atoms with E-state index >= 15 is 0 Å². The van der Waals surface area contributed by atoms with Crippen LogP contribution in [-0.4, -0.2) is 17.1 Å². The second kappa shape index (κ2) is 9.74. The Bertz CT molecular complexity index is 1630. The van der Waals surface area contributed by atoms with E-state index in [9.17, 15) is 9.59 Å². The number of carbonyl (C=O) groups excluding carboxylic acids is 1. The molecule has 5 rings (SSSR count). The first kappa shape index (κ1) is 23.4. The average molecular weight is 482 g/mol. The molecule has 2 heterocycles. The van der Waals surface area contributed by atoms with Crippen LogP contribution in [0.3, 0.4) is 0 Å². The summed E-state index contributed by atoms with van der Waals surface area (Å²) in [5.74, 6) is 0.241. The Kier molecular flexibility index (Phi) is 6.34. The van der Waals surface area contributed by atoms with Gasteiger partial charge in [-0.05, 0) is 56.7 Å². The fourth-order valence-electron chi connectivity index (χ4n) is 4.60. The normalized spacial score (nSPS) is 11.2. The predicted molar refractivity (Wildman–Crippen MR) is 140 cm³/mol. The van der Waals surface area contributed by atoms with Crippen molar-refractivity contribution in [3.8, 4) is 5.75 Å². The number of fused-ring (bicyclic) bond motifs is 2. The van der Waals surface area contributed by atoms with Crippen molar-refractivity contribution >= 4 is 27.8 Å². The highest BCUT2D eigenvalue weighted by Crippen LogP contribution is 2.31. The zero-order valence-corrected chi connectivity index (χ0v) is 20.5. The molecule has 0 spiro atoms. The van der Waals surface area contributed by atoms with Gasteiger partial charge in [-0.25, -0.2) is 9.59 Å². The monoisotopic (exact) mass is 481 g/mol. The van der Waals surface area contributed by atoms with E-state index in [1.54, 1.807) is 13.0 Å². The maximum atomic E-state index is 12.9. The van der Waals surface area contributed by atoms with Gasteiger partial charge in [0.25, 0.3) is 0 Å². The topological polar surface area (TPSA) is 70.7 Å². The molecule has 6 nitrogen and oxygen atoms in total. The molecule has 0 aliphatic heterocycles. The number of rotatable bonds is 7. The van der Waals surface area contributed by atoms with E-state index in [2.05, 4.69) is 16.7 Å². The Hall–Kier alpha value is -4.32. The molecule has 0 fully saturated rings. The standard InChI is InChI=1S/C30H27NO5/c1-4-34-30(33)29-20(3)31(17-21-8-6-5-7-9-21)26-12-11-23(16-25(26)29)35-18-22-15-28(32)36-27-13-10-19(2)14-24(22)27/h5-16H,4,17-18H2,1-3H3. The summed E-state index contributed by atoms with van der Waals surface area (Å²) in [6, 6.07) is 23.0. The number of benzene rings is 3. The van der Waals surface area contributed by atoms with Crippen molar-refractivity contribution in [2.75, 3.05) is 6.61 Å². The highest BCUT2D eigenvalue weighted by molar-refractivity contribution is 6.06. The minimum absolute atomic E-state index is 0.190. The van der Waals surface area contributed by atoms with Crippen LogP contribution in [0.1, 0.15) is 39.7 Å².